The number of sulfone groups is 1. The van der Waals surface area contributed by atoms with Crippen molar-refractivity contribution < 1.29 is 13.5 Å². The van der Waals surface area contributed by atoms with Crippen molar-refractivity contribution in [1.82, 2.24) is 0 Å². The van der Waals surface area contributed by atoms with Crippen LogP contribution in [0.2, 0.25) is 0 Å². The van der Waals surface area contributed by atoms with E-state index in [1.807, 2.05) is 0 Å². The summed E-state index contributed by atoms with van der Waals surface area (Å²) < 4.78 is 21.5. The predicted octanol–water partition coefficient (Wildman–Crippen LogP) is 0.396. The molecule has 0 aromatic carbocycles. The van der Waals surface area contributed by atoms with Gasteiger partial charge < -0.3 is 5.11 Å². The van der Waals surface area contributed by atoms with Crippen molar-refractivity contribution in [2.24, 2.45) is 5.41 Å². The molecule has 1 atom stereocenters. The summed E-state index contributed by atoms with van der Waals surface area (Å²) in [7, 11) is -3.30. The highest BCUT2D eigenvalue weighted by atomic mass is 32.2. The van der Waals surface area contributed by atoms with Crippen molar-refractivity contribution >= 4 is 9.84 Å². The quantitative estimate of drug-likeness (QED) is 0.613. The lowest BCUT2D eigenvalue weighted by molar-refractivity contribution is 0.133. The van der Waals surface area contributed by atoms with Gasteiger partial charge in [-0.3, -0.25) is 0 Å². The third-order valence-corrected chi connectivity index (χ3v) is 2.66. The highest BCUT2D eigenvalue weighted by Crippen LogP contribution is 2.22. The van der Waals surface area contributed by atoms with E-state index in [0.29, 0.717) is 0 Å². The lowest BCUT2D eigenvalue weighted by Crippen LogP contribution is -2.33. The van der Waals surface area contributed by atoms with Gasteiger partial charge in [-0.2, -0.15) is 0 Å². The highest BCUT2D eigenvalue weighted by Gasteiger charge is 2.30. The molecule has 0 amide bonds. The summed E-state index contributed by atoms with van der Waals surface area (Å²) in [5.41, 5.74) is -1.85. The van der Waals surface area contributed by atoms with Gasteiger partial charge in [-0.1, -0.05) is 20.8 Å². The van der Waals surface area contributed by atoms with Crippen LogP contribution in [0.3, 0.4) is 0 Å². The average molecular weight is 166 g/mol. The van der Waals surface area contributed by atoms with Crippen molar-refractivity contribution in [1.29, 1.82) is 0 Å². The number of aliphatic hydroxyl groups excluding tert-OH is 1. The van der Waals surface area contributed by atoms with E-state index in [0.717, 1.165) is 6.26 Å². The lowest BCUT2D eigenvalue weighted by Gasteiger charge is -2.23. The standard InChI is InChI=1S/C6H14O3S/c1-6(2,3)5(7)10(4,8)9/h5,7H,1-4H3. The monoisotopic (exact) mass is 166 g/mol. The third kappa shape index (κ3) is 2.66. The molecule has 0 saturated carbocycles. The number of hydrogen-bond donors (Lipinski definition) is 1. The van der Waals surface area contributed by atoms with Crippen molar-refractivity contribution in [2.45, 2.75) is 26.2 Å². The summed E-state index contributed by atoms with van der Waals surface area (Å²) in [6.45, 7) is 5.04. The zero-order valence-corrected chi connectivity index (χ0v) is 7.57. The Labute approximate surface area is 62.0 Å². The van der Waals surface area contributed by atoms with Gasteiger partial charge >= 0.3 is 0 Å². The Bertz CT molecular complexity index is 198. The van der Waals surface area contributed by atoms with Crippen LogP contribution < -0.4 is 0 Å². The maximum atomic E-state index is 10.7. The molecular formula is C6H14O3S. The Kier molecular flexibility index (Phi) is 2.49. The summed E-state index contributed by atoms with van der Waals surface area (Å²) in [6, 6.07) is 0. The van der Waals surface area contributed by atoms with Crippen LogP contribution in [0, 0.1) is 5.41 Å². The summed E-state index contributed by atoms with van der Waals surface area (Å²) in [4.78, 5) is 0. The molecule has 4 heteroatoms. The van der Waals surface area contributed by atoms with Crippen LogP contribution in [-0.2, 0) is 9.84 Å². The average Bonchev–Trinajstić information content (AvgIpc) is 1.59. The molecule has 0 aliphatic rings. The predicted molar refractivity (Wildman–Crippen MR) is 40.3 cm³/mol. The molecule has 0 aliphatic carbocycles. The van der Waals surface area contributed by atoms with Gasteiger partial charge in [-0.15, -0.1) is 0 Å². The molecule has 0 spiro atoms. The van der Waals surface area contributed by atoms with Crippen LogP contribution >= 0.6 is 0 Å². The van der Waals surface area contributed by atoms with Gasteiger partial charge in [0, 0.05) is 11.7 Å². The highest BCUT2D eigenvalue weighted by molar-refractivity contribution is 7.91. The lowest BCUT2D eigenvalue weighted by atomic mass is 9.98. The van der Waals surface area contributed by atoms with Gasteiger partial charge in [-0.05, 0) is 0 Å². The van der Waals surface area contributed by atoms with E-state index in [1.165, 1.54) is 0 Å². The molecule has 10 heavy (non-hydrogen) atoms. The Morgan fingerprint density at radius 2 is 1.60 bits per heavy atom. The number of hydrogen-bond acceptors (Lipinski definition) is 3. The molecule has 0 aromatic heterocycles. The number of rotatable bonds is 1. The fraction of sp³-hybridized carbons (Fsp3) is 1.00. The topological polar surface area (TPSA) is 54.4 Å². The van der Waals surface area contributed by atoms with Crippen LogP contribution in [0.15, 0.2) is 0 Å². The SMILES string of the molecule is CC(C)(C)C(O)S(C)(=O)=O. The maximum absolute atomic E-state index is 10.7. The second kappa shape index (κ2) is 2.51. The first-order chi connectivity index (χ1) is 4.15. The van der Waals surface area contributed by atoms with E-state index < -0.39 is 20.7 Å². The second-order valence-corrected chi connectivity index (χ2v) is 5.65. The molecule has 1 N–H and O–H groups in total. The van der Waals surface area contributed by atoms with Crippen molar-refractivity contribution in [2.75, 3.05) is 6.26 Å². The van der Waals surface area contributed by atoms with Gasteiger partial charge in [0.15, 0.2) is 15.3 Å². The van der Waals surface area contributed by atoms with Gasteiger partial charge in [0.2, 0.25) is 0 Å². The minimum atomic E-state index is -3.30. The summed E-state index contributed by atoms with van der Waals surface area (Å²) in [5.74, 6) is 0. The summed E-state index contributed by atoms with van der Waals surface area (Å²) in [6.07, 6.45) is 1.03. The van der Waals surface area contributed by atoms with Crippen LogP contribution in [0.5, 0.6) is 0 Å². The Balaban J connectivity index is 4.56. The van der Waals surface area contributed by atoms with Gasteiger partial charge in [-0.25, -0.2) is 8.42 Å². The summed E-state index contributed by atoms with van der Waals surface area (Å²) >= 11 is 0. The van der Waals surface area contributed by atoms with Crippen LogP contribution in [0.4, 0.5) is 0 Å². The smallest absolute Gasteiger partial charge is 0.174 e. The first-order valence-electron chi connectivity index (χ1n) is 3.02. The second-order valence-electron chi connectivity index (χ2n) is 3.55. The van der Waals surface area contributed by atoms with E-state index >= 15 is 0 Å². The molecule has 3 nitrogen and oxygen atoms in total. The molecule has 0 aliphatic heterocycles. The van der Waals surface area contributed by atoms with Crippen LogP contribution in [0.25, 0.3) is 0 Å². The molecule has 0 rings (SSSR count). The molecule has 0 saturated heterocycles. The Hall–Kier alpha value is -0.0900. The Morgan fingerprint density at radius 3 is 1.60 bits per heavy atom. The summed E-state index contributed by atoms with van der Waals surface area (Å²) in [5, 5.41) is 9.13. The molecule has 0 bridgehead atoms. The molecule has 0 aromatic rings. The van der Waals surface area contributed by atoms with E-state index in [1.54, 1.807) is 20.8 Å². The fourth-order valence-corrected chi connectivity index (χ4v) is 1.93. The fourth-order valence-electron chi connectivity index (χ4n) is 0.642. The molecule has 0 fully saturated rings. The zero-order chi connectivity index (χ0) is 8.58. The first-order valence-corrected chi connectivity index (χ1v) is 4.98. The van der Waals surface area contributed by atoms with Crippen molar-refractivity contribution in [3.63, 3.8) is 0 Å². The first kappa shape index (κ1) is 9.91. The van der Waals surface area contributed by atoms with E-state index in [-0.39, 0.29) is 0 Å². The number of aliphatic hydroxyl groups is 1. The Morgan fingerprint density at radius 1 is 1.30 bits per heavy atom. The van der Waals surface area contributed by atoms with Crippen molar-refractivity contribution in [3.8, 4) is 0 Å². The molecule has 62 valence electrons. The molecule has 1 unspecified atom stereocenters. The third-order valence-electron chi connectivity index (χ3n) is 1.15. The van der Waals surface area contributed by atoms with Gasteiger partial charge in [0.05, 0.1) is 0 Å². The minimum Gasteiger partial charge on any atom is -0.377 e. The van der Waals surface area contributed by atoms with E-state index in [2.05, 4.69) is 0 Å². The maximum Gasteiger partial charge on any atom is 0.174 e. The van der Waals surface area contributed by atoms with E-state index in [4.69, 9.17) is 5.11 Å². The minimum absolute atomic E-state index is 0.590. The zero-order valence-electron chi connectivity index (χ0n) is 6.75. The van der Waals surface area contributed by atoms with Gasteiger partial charge in [0.1, 0.15) is 0 Å². The normalized spacial score (nSPS) is 16.9. The van der Waals surface area contributed by atoms with E-state index in [9.17, 15) is 8.42 Å². The van der Waals surface area contributed by atoms with Gasteiger partial charge in [0.25, 0.3) is 0 Å². The largest absolute Gasteiger partial charge is 0.377 e. The molecule has 0 heterocycles. The molecule has 0 radical (unpaired) electrons. The van der Waals surface area contributed by atoms with Crippen LogP contribution in [-0.4, -0.2) is 25.2 Å². The van der Waals surface area contributed by atoms with Crippen LogP contribution in [0.1, 0.15) is 20.8 Å². The van der Waals surface area contributed by atoms with Crippen molar-refractivity contribution in [3.05, 3.63) is 0 Å². The molecular weight excluding hydrogens is 152 g/mol.